The highest BCUT2D eigenvalue weighted by Crippen LogP contribution is 2.28. The zero-order valence-corrected chi connectivity index (χ0v) is 10.0. The number of nitrogens with zero attached hydrogens (tertiary/aromatic N) is 1. The number of piperidine rings is 1. The van der Waals surface area contributed by atoms with Gasteiger partial charge in [-0.1, -0.05) is 0 Å². The van der Waals surface area contributed by atoms with Crippen molar-refractivity contribution in [1.82, 2.24) is 0 Å². The van der Waals surface area contributed by atoms with E-state index in [2.05, 4.69) is 17.9 Å². The van der Waals surface area contributed by atoms with Crippen molar-refractivity contribution >= 4 is 11.4 Å². The van der Waals surface area contributed by atoms with Crippen molar-refractivity contribution < 1.29 is 5.11 Å². The van der Waals surface area contributed by atoms with E-state index in [1.165, 1.54) is 11.3 Å². The molecule has 0 atom stereocenters. The molecule has 3 N–H and O–H groups in total. The van der Waals surface area contributed by atoms with Crippen LogP contribution in [-0.2, 0) is 0 Å². The summed E-state index contributed by atoms with van der Waals surface area (Å²) in [6.07, 6.45) is 1.66. The van der Waals surface area contributed by atoms with E-state index in [1.54, 1.807) is 0 Å². The fourth-order valence-electron chi connectivity index (χ4n) is 2.26. The Morgan fingerprint density at radius 1 is 1.31 bits per heavy atom. The van der Waals surface area contributed by atoms with Gasteiger partial charge >= 0.3 is 0 Å². The molecule has 3 heteroatoms. The Morgan fingerprint density at radius 2 is 1.94 bits per heavy atom. The van der Waals surface area contributed by atoms with Crippen molar-refractivity contribution in [2.45, 2.75) is 32.3 Å². The summed E-state index contributed by atoms with van der Waals surface area (Å²) in [6, 6.07) is 6.02. The molecule has 1 saturated heterocycles. The van der Waals surface area contributed by atoms with Gasteiger partial charge in [0.05, 0.1) is 5.60 Å². The number of nitrogens with two attached hydrogens (primary N) is 1. The van der Waals surface area contributed by atoms with Gasteiger partial charge in [-0.25, -0.2) is 0 Å². The van der Waals surface area contributed by atoms with Gasteiger partial charge in [0.25, 0.3) is 0 Å². The lowest BCUT2D eigenvalue weighted by Gasteiger charge is -2.37. The first kappa shape index (κ1) is 11.3. The number of hydrogen-bond acceptors (Lipinski definition) is 3. The first-order chi connectivity index (χ1) is 7.48. The zero-order valence-electron chi connectivity index (χ0n) is 10.0. The van der Waals surface area contributed by atoms with Gasteiger partial charge in [-0.15, -0.1) is 0 Å². The van der Waals surface area contributed by atoms with Crippen molar-refractivity contribution in [1.29, 1.82) is 0 Å². The summed E-state index contributed by atoms with van der Waals surface area (Å²) in [5.41, 5.74) is 8.51. The molecule has 0 aliphatic carbocycles. The second-order valence-electron chi connectivity index (χ2n) is 5.03. The average molecular weight is 220 g/mol. The van der Waals surface area contributed by atoms with Gasteiger partial charge in [0.2, 0.25) is 0 Å². The first-order valence-electron chi connectivity index (χ1n) is 5.81. The van der Waals surface area contributed by atoms with E-state index in [0.29, 0.717) is 0 Å². The third-order valence-corrected chi connectivity index (χ3v) is 3.40. The van der Waals surface area contributed by atoms with Gasteiger partial charge in [-0.05, 0) is 50.5 Å². The van der Waals surface area contributed by atoms with E-state index in [-0.39, 0.29) is 0 Å². The summed E-state index contributed by atoms with van der Waals surface area (Å²) in [5, 5.41) is 9.91. The van der Waals surface area contributed by atoms with E-state index in [0.717, 1.165) is 31.6 Å². The fourth-order valence-corrected chi connectivity index (χ4v) is 2.26. The SMILES string of the molecule is Cc1cc(N)ccc1N1CCC(C)(O)CC1. The van der Waals surface area contributed by atoms with E-state index in [4.69, 9.17) is 5.73 Å². The highest BCUT2D eigenvalue weighted by molar-refractivity contribution is 5.59. The van der Waals surface area contributed by atoms with Crippen LogP contribution < -0.4 is 10.6 Å². The standard InChI is InChI=1S/C13H20N2O/c1-10-9-11(14)3-4-12(10)15-7-5-13(2,16)6-8-15/h3-4,9,16H,5-8,14H2,1-2H3. The lowest BCUT2D eigenvalue weighted by atomic mass is 9.93. The molecule has 1 fully saturated rings. The van der Waals surface area contributed by atoms with Gasteiger partial charge in [-0.2, -0.15) is 0 Å². The second kappa shape index (κ2) is 3.98. The molecule has 1 heterocycles. The molecule has 3 nitrogen and oxygen atoms in total. The van der Waals surface area contributed by atoms with E-state index >= 15 is 0 Å². The molecule has 0 amide bonds. The van der Waals surface area contributed by atoms with Crippen molar-refractivity contribution in [3.8, 4) is 0 Å². The number of aliphatic hydroxyl groups is 1. The monoisotopic (exact) mass is 220 g/mol. The maximum atomic E-state index is 9.91. The summed E-state index contributed by atoms with van der Waals surface area (Å²) < 4.78 is 0. The van der Waals surface area contributed by atoms with Gasteiger partial charge in [-0.3, -0.25) is 0 Å². The van der Waals surface area contributed by atoms with Crippen LogP contribution in [0, 0.1) is 6.92 Å². The quantitative estimate of drug-likeness (QED) is 0.711. The van der Waals surface area contributed by atoms with Crippen LogP contribution >= 0.6 is 0 Å². The number of anilines is 2. The van der Waals surface area contributed by atoms with Crippen molar-refractivity contribution in [3.63, 3.8) is 0 Å². The number of aryl methyl sites for hydroxylation is 1. The maximum Gasteiger partial charge on any atom is 0.0653 e. The smallest absolute Gasteiger partial charge is 0.0653 e. The second-order valence-corrected chi connectivity index (χ2v) is 5.03. The number of rotatable bonds is 1. The summed E-state index contributed by atoms with van der Waals surface area (Å²) in [5.74, 6) is 0. The molecule has 0 saturated carbocycles. The van der Waals surface area contributed by atoms with Crippen LogP contribution in [0.1, 0.15) is 25.3 Å². The van der Waals surface area contributed by atoms with Gasteiger partial charge < -0.3 is 15.7 Å². The number of nitrogen functional groups attached to an aromatic ring is 1. The Morgan fingerprint density at radius 3 is 2.50 bits per heavy atom. The minimum absolute atomic E-state index is 0.488. The normalized spacial score (nSPS) is 19.8. The minimum Gasteiger partial charge on any atom is -0.399 e. The molecule has 2 rings (SSSR count). The molecule has 88 valence electrons. The summed E-state index contributed by atoms with van der Waals surface area (Å²) in [7, 11) is 0. The maximum absolute atomic E-state index is 9.91. The van der Waals surface area contributed by atoms with Crippen molar-refractivity contribution in [3.05, 3.63) is 23.8 Å². The minimum atomic E-state index is -0.488. The number of benzene rings is 1. The van der Waals surface area contributed by atoms with Crippen LogP contribution in [-0.4, -0.2) is 23.8 Å². The lowest BCUT2D eigenvalue weighted by Crippen LogP contribution is -2.42. The van der Waals surface area contributed by atoms with Crippen LogP contribution in [0.5, 0.6) is 0 Å². The molecule has 0 aromatic heterocycles. The predicted octanol–water partition coefficient (Wildman–Crippen LogP) is 1.93. The Balaban J connectivity index is 2.14. The van der Waals surface area contributed by atoms with Gasteiger partial charge in [0.1, 0.15) is 0 Å². The summed E-state index contributed by atoms with van der Waals surface area (Å²) in [6.45, 7) is 5.83. The predicted molar refractivity (Wildman–Crippen MR) is 67.7 cm³/mol. The third kappa shape index (κ3) is 2.30. The summed E-state index contributed by atoms with van der Waals surface area (Å²) in [4.78, 5) is 2.33. The van der Waals surface area contributed by atoms with Crippen molar-refractivity contribution in [2.24, 2.45) is 0 Å². The molecule has 1 aliphatic rings. The molecule has 1 aromatic carbocycles. The van der Waals surface area contributed by atoms with Crippen LogP contribution in [0.3, 0.4) is 0 Å². The molecule has 0 radical (unpaired) electrons. The highest BCUT2D eigenvalue weighted by Gasteiger charge is 2.27. The van der Waals surface area contributed by atoms with Crippen molar-refractivity contribution in [2.75, 3.05) is 23.7 Å². The van der Waals surface area contributed by atoms with Gasteiger partial charge in [0, 0.05) is 24.5 Å². The molecule has 0 bridgehead atoms. The highest BCUT2D eigenvalue weighted by atomic mass is 16.3. The molecular formula is C13H20N2O. The molecule has 1 aromatic rings. The lowest BCUT2D eigenvalue weighted by molar-refractivity contribution is 0.0351. The average Bonchev–Trinajstić information content (AvgIpc) is 2.19. The van der Waals surface area contributed by atoms with Crippen LogP contribution in [0.15, 0.2) is 18.2 Å². The van der Waals surface area contributed by atoms with E-state index in [9.17, 15) is 5.11 Å². The molecular weight excluding hydrogens is 200 g/mol. The van der Waals surface area contributed by atoms with Crippen LogP contribution in [0.2, 0.25) is 0 Å². The number of hydrogen-bond donors (Lipinski definition) is 2. The first-order valence-corrected chi connectivity index (χ1v) is 5.81. The Labute approximate surface area is 96.9 Å². The zero-order chi connectivity index (χ0) is 11.8. The molecule has 16 heavy (non-hydrogen) atoms. The van der Waals surface area contributed by atoms with E-state index in [1.807, 2.05) is 19.1 Å². The Kier molecular flexibility index (Phi) is 2.80. The Bertz CT molecular complexity index is 378. The summed E-state index contributed by atoms with van der Waals surface area (Å²) >= 11 is 0. The van der Waals surface area contributed by atoms with E-state index < -0.39 is 5.60 Å². The molecule has 0 spiro atoms. The van der Waals surface area contributed by atoms with Gasteiger partial charge in [0.15, 0.2) is 0 Å². The topological polar surface area (TPSA) is 49.5 Å². The van der Waals surface area contributed by atoms with Crippen LogP contribution in [0.4, 0.5) is 11.4 Å². The van der Waals surface area contributed by atoms with Crippen LogP contribution in [0.25, 0.3) is 0 Å². The third-order valence-electron chi connectivity index (χ3n) is 3.40. The fraction of sp³-hybridized carbons (Fsp3) is 0.538. The molecule has 1 aliphatic heterocycles. The largest absolute Gasteiger partial charge is 0.399 e. The molecule has 0 unspecified atom stereocenters. The Hall–Kier alpha value is -1.22.